The maximum Gasteiger partial charge on any atom is 0.331 e. The summed E-state index contributed by atoms with van der Waals surface area (Å²) in [4.78, 5) is 28.5. The summed E-state index contributed by atoms with van der Waals surface area (Å²) in [6.45, 7) is -0.0885. The summed E-state index contributed by atoms with van der Waals surface area (Å²) in [5.74, 6) is -1.13. The number of nitrogens with zero attached hydrogens (tertiary/aromatic N) is 4. The van der Waals surface area contributed by atoms with E-state index in [0.717, 1.165) is 0 Å². The molecule has 12 heteroatoms. The molecule has 0 spiro atoms. The van der Waals surface area contributed by atoms with E-state index in [0.29, 0.717) is 24.0 Å². The molecule has 9 nitrogen and oxygen atoms in total. The maximum absolute atomic E-state index is 13.0. The molecule has 4 rings (SSSR count). The Bertz CT molecular complexity index is 1330. The highest BCUT2D eigenvalue weighted by atomic mass is 35.5. The van der Waals surface area contributed by atoms with Gasteiger partial charge in [-0.05, 0) is 43.2 Å². The van der Waals surface area contributed by atoms with Crippen molar-refractivity contribution in [3.8, 4) is 0 Å². The van der Waals surface area contributed by atoms with E-state index in [4.69, 9.17) is 28.3 Å². The summed E-state index contributed by atoms with van der Waals surface area (Å²) < 4.78 is 29.9. The number of carbonyl (C=O) groups is 1. The normalized spacial score (nSPS) is 16.1. The largest absolute Gasteiger partial charge is 0.480 e. The van der Waals surface area contributed by atoms with Crippen LogP contribution in [0.2, 0.25) is 10.0 Å². The minimum absolute atomic E-state index is 0.0530. The van der Waals surface area contributed by atoms with Crippen molar-refractivity contribution in [3.63, 3.8) is 0 Å². The molecule has 1 aromatic carbocycles. The predicted molar refractivity (Wildman–Crippen MR) is 115 cm³/mol. The van der Waals surface area contributed by atoms with Crippen LogP contribution in [0.3, 0.4) is 0 Å². The van der Waals surface area contributed by atoms with E-state index in [1.165, 1.54) is 37.8 Å². The van der Waals surface area contributed by atoms with Gasteiger partial charge in [-0.2, -0.15) is 4.31 Å². The van der Waals surface area contributed by atoms with E-state index >= 15 is 0 Å². The summed E-state index contributed by atoms with van der Waals surface area (Å²) in [7, 11) is -3.77. The number of sulfonamides is 1. The number of halogens is 2. The minimum atomic E-state index is -3.77. The van der Waals surface area contributed by atoms with Gasteiger partial charge in [0.05, 0.1) is 20.5 Å². The number of rotatable bonds is 5. The number of imidazole rings is 1. The molecule has 3 aromatic rings. The van der Waals surface area contributed by atoms with Crippen molar-refractivity contribution in [1.82, 2.24) is 18.4 Å². The molecule has 31 heavy (non-hydrogen) atoms. The number of aromatic nitrogens is 3. The Kier molecular flexibility index (Phi) is 5.82. The van der Waals surface area contributed by atoms with Gasteiger partial charge in [0.25, 0.3) is 0 Å². The first kappa shape index (κ1) is 21.8. The fraction of sp³-hybridized carbons (Fsp3) is 0.316. The SMILES string of the molecule is O=C(O)Cn1c(=O)n(C2CCN(S(=O)(=O)c3ccc(Cl)c(Cl)c3)CC2)c2ncccc21. The first-order valence-corrected chi connectivity index (χ1v) is 11.6. The monoisotopic (exact) mass is 484 g/mol. The fourth-order valence-corrected chi connectivity index (χ4v) is 5.71. The molecule has 0 bridgehead atoms. The highest BCUT2D eigenvalue weighted by molar-refractivity contribution is 7.89. The van der Waals surface area contributed by atoms with E-state index in [1.807, 2.05) is 0 Å². The van der Waals surface area contributed by atoms with Gasteiger partial charge in [0, 0.05) is 25.3 Å². The summed E-state index contributed by atoms with van der Waals surface area (Å²) in [6.07, 6.45) is 2.29. The van der Waals surface area contributed by atoms with Crippen LogP contribution >= 0.6 is 23.2 Å². The highest BCUT2D eigenvalue weighted by Crippen LogP contribution is 2.30. The Morgan fingerprint density at radius 2 is 1.87 bits per heavy atom. The van der Waals surface area contributed by atoms with Crippen molar-refractivity contribution in [3.05, 3.63) is 57.1 Å². The zero-order valence-electron chi connectivity index (χ0n) is 16.1. The molecule has 1 aliphatic heterocycles. The number of carboxylic acid groups (broad SMARTS) is 1. The van der Waals surface area contributed by atoms with Crippen LogP contribution in [0.1, 0.15) is 18.9 Å². The summed E-state index contributed by atoms with van der Waals surface area (Å²) in [5.41, 5.74) is 0.349. The van der Waals surface area contributed by atoms with Crippen molar-refractivity contribution in [2.75, 3.05) is 13.1 Å². The van der Waals surface area contributed by atoms with Crippen molar-refractivity contribution < 1.29 is 18.3 Å². The number of hydrogen-bond acceptors (Lipinski definition) is 5. The van der Waals surface area contributed by atoms with Crippen molar-refractivity contribution in [2.45, 2.75) is 30.3 Å². The third-order valence-corrected chi connectivity index (χ3v) is 7.97. The smallest absolute Gasteiger partial charge is 0.331 e. The standard InChI is InChI=1S/C19H18Cl2N4O5S/c20-14-4-3-13(10-15(14)21)31(29,30)23-8-5-12(6-9-23)25-18-16(2-1-7-22-18)24(19(25)28)11-17(26)27/h1-4,7,10,12H,5-6,8-9,11H2,(H,26,27). The molecule has 1 saturated heterocycles. The van der Waals surface area contributed by atoms with Crippen molar-refractivity contribution in [1.29, 1.82) is 0 Å². The van der Waals surface area contributed by atoms with E-state index in [9.17, 15) is 18.0 Å². The number of aliphatic carboxylic acids is 1. The molecular formula is C19H18Cl2N4O5S. The first-order valence-electron chi connectivity index (χ1n) is 9.43. The quantitative estimate of drug-likeness (QED) is 0.594. The van der Waals surface area contributed by atoms with E-state index < -0.39 is 28.2 Å². The van der Waals surface area contributed by atoms with Crippen LogP contribution in [-0.2, 0) is 21.4 Å². The molecule has 3 heterocycles. The molecule has 0 aliphatic carbocycles. The third-order valence-electron chi connectivity index (χ3n) is 5.33. The van der Waals surface area contributed by atoms with Crippen LogP contribution in [0.4, 0.5) is 0 Å². The van der Waals surface area contributed by atoms with Gasteiger partial charge in [-0.1, -0.05) is 23.2 Å². The van der Waals surface area contributed by atoms with Crippen LogP contribution in [0.5, 0.6) is 0 Å². The Balaban J connectivity index is 1.61. The van der Waals surface area contributed by atoms with Gasteiger partial charge < -0.3 is 5.11 Å². The summed E-state index contributed by atoms with van der Waals surface area (Å²) >= 11 is 11.9. The minimum Gasteiger partial charge on any atom is -0.480 e. The third kappa shape index (κ3) is 3.96. The molecule has 1 aliphatic rings. The lowest BCUT2D eigenvalue weighted by atomic mass is 10.1. The van der Waals surface area contributed by atoms with Crippen LogP contribution in [0.25, 0.3) is 11.2 Å². The second-order valence-electron chi connectivity index (χ2n) is 7.19. The van der Waals surface area contributed by atoms with Gasteiger partial charge in [0.15, 0.2) is 5.65 Å². The molecule has 1 N–H and O–H groups in total. The lowest BCUT2D eigenvalue weighted by Crippen LogP contribution is -2.41. The molecule has 164 valence electrons. The number of fused-ring (bicyclic) bond motifs is 1. The molecule has 0 amide bonds. The zero-order chi connectivity index (χ0) is 22.3. The Morgan fingerprint density at radius 3 is 2.52 bits per heavy atom. The van der Waals surface area contributed by atoms with Crippen molar-refractivity contribution in [2.24, 2.45) is 0 Å². The predicted octanol–water partition coefficient (Wildman–Crippen LogP) is 2.62. The fourth-order valence-electron chi connectivity index (χ4n) is 3.85. The first-order chi connectivity index (χ1) is 14.7. The molecule has 0 atom stereocenters. The maximum atomic E-state index is 13.0. The molecule has 1 fully saturated rings. The second-order valence-corrected chi connectivity index (χ2v) is 9.94. The topological polar surface area (TPSA) is 114 Å². The lowest BCUT2D eigenvalue weighted by Gasteiger charge is -2.31. The van der Waals surface area contributed by atoms with Gasteiger partial charge in [-0.25, -0.2) is 18.2 Å². The van der Waals surface area contributed by atoms with E-state index in [-0.39, 0.29) is 34.1 Å². The lowest BCUT2D eigenvalue weighted by molar-refractivity contribution is -0.137. The van der Waals surface area contributed by atoms with Gasteiger partial charge in [0.1, 0.15) is 6.54 Å². The average molecular weight is 485 g/mol. The van der Waals surface area contributed by atoms with Crippen LogP contribution in [-0.4, -0.2) is 51.0 Å². The number of pyridine rings is 1. The molecule has 0 unspecified atom stereocenters. The second kappa shape index (κ2) is 8.27. The van der Waals surface area contributed by atoms with Crippen molar-refractivity contribution >= 4 is 50.4 Å². The van der Waals surface area contributed by atoms with Gasteiger partial charge in [-0.3, -0.25) is 13.9 Å². The van der Waals surface area contributed by atoms with Crippen LogP contribution in [0.15, 0.2) is 46.2 Å². The van der Waals surface area contributed by atoms with Crippen LogP contribution in [0, 0.1) is 0 Å². The van der Waals surface area contributed by atoms with Gasteiger partial charge in [0.2, 0.25) is 10.0 Å². The van der Waals surface area contributed by atoms with Crippen LogP contribution < -0.4 is 5.69 Å². The van der Waals surface area contributed by atoms with Gasteiger partial charge in [-0.15, -0.1) is 0 Å². The van der Waals surface area contributed by atoms with Gasteiger partial charge >= 0.3 is 11.7 Å². The molecule has 0 radical (unpaired) electrons. The Hall–Kier alpha value is -2.40. The summed E-state index contributed by atoms with van der Waals surface area (Å²) in [6, 6.07) is 7.14. The number of piperidine rings is 1. The number of hydrogen-bond donors (Lipinski definition) is 1. The highest BCUT2D eigenvalue weighted by Gasteiger charge is 2.32. The van der Waals surface area contributed by atoms with E-state index in [2.05, 4.69) is 4.98 Å². The zero-order valence-corrected chi connectivity index (χ0v) is 18.4. The molecule has 0 saturated carbocycles. The Labute approximate surface area is 187 Å². The molecular weight excluding hydrogens is 467 g/mol. The molecule has 2 aromatic heterocycles. The summed E-state index contributed by atoms with van der Waals surface area (Å²) in [5, 5.41) is 9.58. The van der Waals surface area contributed by atoms with E-state index in [1.54, 1.807) is 12.1 Å². The number of benzene rings is 1. The number of carboxylic acids is 1. The average Bonchev–Trinajstić information content (AvgIpc) is 3.01. The Morgan fingerprint density at radius 1 is 1.16 bits per heavy atom.